The second kappa shape index (κ2) is 12.2. The Morgan fingerprint density at radius 1 is 0.315 bits per heavy atom. The Labute approximate surface area is 310 Å². The van der Waals surface area contributed by atoms with Gasteiger partial charge in [-0.15, -0.1) is 10.2 Å². The number of hydrogen-bond acceptors (Lipinski definition) is 6. The molecule has 260 valence electrons. The van der Waals surface area contributed by atoms with Gasteiger partial charge < -0.3 is 18.3 Å². The molecule has 0 atom stereocenters. The van der Waals surface area contributed by atoms with Gasteiger partial charge in [0.2, 0.25) is 0 Å². The number of aromatic nitrogens is 8. The third-order valence-electron chi connectivity index (χ3n) is 10.3. The molecule has 0 radical (unpaired) electrons. The molecule has 6 aromatic heterocycles. The monoisotopic (exact) mass is 702 g/mol. The van der Waals surface area contributed by atoms with E-state index in [4.69, 9.17) is 30.2 Å². The zero-order valence-electron chi connectivity index (χ0n) is 30.2. The van der Waals surface area contributed by atoms with Gasteiger partial charge in [0, 0.05) is 61.3 Å². The van der Waals surface area contributed by atoms with Crippen molar-refractivity contribution in [2.24, 2.45) is 38.4 Å². The molecule has 0 amide bonds. The summed E-state index contributed by atoms with van der Waals surface area (Å²) in [5.74, 6) is 0. The van der Waals surface area contributed by atoms with Gasteiger partial charge in [-0.25, -0.2) is 19.9 Å². The van der Waals surface area contributed by atoms with Gasteiger partial charge in [0.1, 0.15) is 11.4 Å². The minimum Gasteiger partial charge on any atom is -0.344 e. The molecule has 0 aliphatic carbocycles. The van der Waals surface area contributed by atoms with Crippen LogP contribution in [0.3, 0.4) is 0 Å². The Morgan fingerprint density at radius 2 is 0.574 bits per heavy atom. The smallest absolute Gasteiger partial charge is 0.111 e. The second-order valence-electron chi connectivity index (χ2n) is 13.8. The molecule has 0 saturated heterocycles. The fourth-order valence-electron chi connectivity index (χ4n) is 7.21. The molecule has 54 heavy (non-hydrogen) atoms. The molecule has 0 saturated carbocycles. The summed E-state index contributed by atoms with van der Waals surface area (Å²) in [7, 11) is 8.19. The van der Waals surface area contributed by atoms with Crippen molar-refractivity contribution in [1.29, 1.82) is 0 Å². The first-order valence-electron chi connectivity index (χ1n) is 17.8. The summed E-state index contributed by atoms with van der Waals surface area (Å²) in [6.45, 7) is 0. The quantitative estimate of drug-likeness (QED) is 0.168. The van der Waals surface area contributed by atoms with Crippen LogP contribution in [0.4, 0.5) is 11.4 Å². The SMILES string of the molecule is Cn1c2ccc1cc1nc(cc3c(N=Nc4cc5cc6nc(cc7ccc(cc8nc(cc4n5C)C=C8)n7C)C=C6)cc(cc4nc(c2)C=C4)n3C)C=C1. The maximum atomic E-state index is 4.94. The molecule has 4 aliphatic heterocycles. The third kappa shape index (κ3) is 5.61. The first-order valence-corrected chi connectivity index (χ1v) is 17.8. The van der Waals surface area contributed by atoms with E-state index in [1.165, 1.54) is 0 Å². The van der Waals surface area contributed by atoms with Gasteiger partial charge in [0.15, 0.2) is 0 Å². The van der Waals surface area contributed by atoms with Gasteiger partial charge in [-0.3, -0.25) is 0 Å². The molecule has 0 N–H and O–H groups in total. The van der Waals surface area contributed by atoms with Crippen LogP contribution < -0.4 is 0 Å². The van der Waals surface area contributed by atoms with Crippen molar-refractivity contribution >= 4 is 104 Å². The molecular weight excluding hydrogens is 669 g/mol. The molecule has 10 rings (SSSR count). The van der Waals surface area contributed by atoms with Crippen LogP contribution in [0.2, 0.25) is 0 Å². The van der Waals surface area contributed by atoms with Gasteiger partial charge in [-0.1, -0.05) is 0 Å². The molecule has 0 fully saturated rings. The van der Waals surface area contributed by atoms with E-state index in [2.05, 4.69) is 105 Å². The zero-order valence-corrected chi connectivity index (χ0v) is 30.2. The highest BCUT2D eigenvalue weighted by Gasteiger charge is 2.12. The standard InChI is InChI=1S/C44H34N10/c1-51-35-13-15-37(51)19-29-9-11-33(47-29)23-43-41(25-39(53(43)3)21-31-7-5-27(17-35)45-31)49-50-42-26-40-22-32-8-6-28(46-32)18-36-14-16-38(52(36)2)20-30-10-12-34(48-30)24-44(42)54(40)4/h5-26H,1-4H3. The molecule has 0 spiro atoms. The zero-order chi connectivity index (χ0) is 36.5. The van der Waals surface area contributed by atoms with Crippen LogP contribution in [0, 0.1) is 0 Å². The summed E-state index contributed by atoms with van der Waals surface area (Å²) in [4.78, 5) is 19.7. The van der Waals surface area contributed by atoms with Gasteiger partial charge in [-0.2, -0.15) is 0 Å². The van der Waals surface area contributed by atoms with E-state index >= 15 is 0 Å². The predicted molar refractivity (Wildman–Crippen MR) is 220 cm³/mol. The van der Waals surface area contributed by atoms with E-state index in [9.17, 15) is 0 Å². The van der Waals surface area contributed by atoms with Gasteiger partial charge in [0.05, 0.1) is 56.6 Å². The van der Waals surface area contributed by atoms with E-state index in [1.54, 1.807) is 0 Å². The average molecular weight is 703 g/mol. The highest BCUT2D eigenvalue weighted by Crippen LogP contribution is 2.33. The van der Waals surface area contributed by atoms with Crippen molar-refractivity contribution in [2.45, 2.75) is 0 Å². The number of fused-ring (bicyclic) bond motifs is 16. The number of azo groups is 1. The predicted octanol–water partition coefficient (Wildman–Crippen LogP) is 10.1. The summed E-state index contributed by atoms with van der Waals surface area (Å²) >= 11 is 0. The highest BCUT2D eigenvalue weighted by atomic mass is 15.1. The van der Waals surface area contributed by atoms with Crippen LogP contribution in [-0.2, 0) is 28.2 Å². The van der Waals surface area contributed by atoms with Crippen molar-refractivity contribution in [3.05, 3.63) is 130 Å². The number of rotatable bonds is 2. The van der Waals surface area contributed by atoms with E-state index in [0.717, 1.165) is 89.7 Å². The summed E-state index contributed by atoms with van der Waals surface area (Å²) in [5.41, 5.74) is 16.3. The van der Waals surface area contributed by atoms with Crippen LogP contribution in [-0.4, -0.2) is 38.2 Å². The molecule has 10 nitrogen and oxygen atoms in total. The lowest BCUT2D eigenvalue weighted by Gasteiger charge is -1.98. The highest BCUT2D eigenvalue weighted by molar-refractivity contribution is 5.86. The number of aryl methyl sites for hydroxylation is 4. The second-order valence-corrected chi connectivity index (χ2v) is 13.8. The fraction of sp³-hybridized carbons (Fsp3) is 0.0909. The van der Waals surface area contributed by atoms with Crippen LogP contribution in [0.5, 0.6) is 0 Å². The van der Waals surface area contributed by atoms with Crippen molar-refractivity contribution < 1.29 is 0 Å². The minimum atomic E-state index is 0.716. The van der Waals surface area contributed by atoms with E-state index in [1.807, 2.05) is 74.8 Å². The third-order valence-corrected chi connectivity index (χ3v) is 10.3. The van der Waals surface area contributed by atoms with Crippen LogP contribution in [0.25, 0.3) is 92.7 Å². The number of hydrogen-bond donors (Lipinski definition) is 0. The molecule has 4 aliphatic rings. The Kier molecular flexibility index (Phi) is 7.12. The molecule has 16 bridgehead atoms. The van der Waals surface area contributed by atoms with E-state index in [-0.39, 0.29) is 0 Å². The Bertz CT molecular complexity index is 2890. The van der Waals surface area contributed by atoms with Crippen molar-refractivity contribution in [3.8, 4) is 0 Å². The van der Waals surface area contributed by atoms with Gasteiger partial charge in [-0.05, 0) is 134 Å². The molecular formula is C44H34N10. The molecule has 6 aromatic rings. The minimum absolute atomic E-state index is 0.716. The first-order chi connectivity index (χ1) is 26.3. The Morgan fingerprint density at radius 3 is 0.870 bits per heavy atom. The molecule has 10 heteroatoms. The van der Waals surface area contributed by atoms with Gasteiger partial charge >= 0.3 is 0 Å². The largest absolute Gasteiger partial charge is 0.344 e. The lowest BCUT2D eigenvalue weighted by atomic mass is 10.3. The van der Waals surface area contributed by atoms with Crippen molar-refractivity contribution in [2.75, 3.05) is 0 Å². The van der Waals surface area contributed by atoms with E-state index < -0.39 is 0 Å². The van der Waals surface area contributed by atoms with E-state index in [0.29, 0.717) is 11.4 Å². The Balaban J connectivity index is 1.18. The van der Waals surface area contributed by atoms with Crippen LogP contribution in [0.15, 0.2) is 95.2 Å². The summed E-state index contributed by atoms with van der Waals surface area (Å²) < 4.78 is 8.52. The lowest BCUT2D eigenvalue weighted by molar-refractivity contribution is 1.00. The lowest BCUT2D eigenvalue weighted by Crippen LogP contribution is -1.87. The average Bonchev–Trinajstić information content (AvgIpc) is 4.04. The topological polar surface area (TPSA) is 96.0 Å². The number of nitrogens with zero attached hydrogens (tertiary/aromatic N) is 10. The van der Waals surface area contributed by atoms with Crippen LogP contribution >= 0.6 is 0 Å². The summed E-state index contributed by atoms with van der Waals surface area (Å²) in [5, 5.41) is 9.85. The van der Waals surface area contributed by atoms with Crippen molar-refractivity contribution in [3.63, 3.8) is 0 Å². The van der Waals surface area contributed by atoms with Crippen LogP contribution in [0.1, 0.15) is 45.6 Å². The maximum absolute atomic E-state index is 4.94. The molecule has 0 aromatic carbocycles. The summed E-state index contributed by atoms with van der Waals surface area (Å²) in [6, 6.07) is 29.2. The Hall–Kier alpha value is -7.20. The van der Waals surface area contributed by atoms with Gasteiger partial charge in [0.25, 0.3) is 0 Å². The normalized spacial score (nSPS) is 13.2. The molecule has 10 heterocycles. The summed E-state index contributed by atoms with van der Waals surface area (Å²) in [6.07, 6.45) is 16.3. The van der Waals surface area contributed by atoms with Crippen molar-refractivity contribution in [1.82, 2.24) is 38.2 Å². The first kappa shape index (κ1) is 31.5. The maximum Gasteiger partial charge on any atom is 0.111 e. The molecule has 0 unspecified atom stereocenters. The fourth-order valence-corrected chi connectivity index (χ4v) is 7.21.